The van der Waals surface area contributed by atoms with E-state index in [2.05, 4.69) is 5.32 Å². The molecule has 5 heteroatoms. The van der Waals surface area contributed by atoms with Crippen molar-refractivity contribution >= 4 is 22.4 Å². The van der Waals surface area contributed by atoms with Crippen LogP contribution in [0.25, 0.3) is 0 Å². The molecule has 0 fully saturated rings. The summed E-state index contributed by atoms with van der Waals surface area (Å²) in [6, 6.07) is 7.53. The van der Waals surface area contributed by atoms with E-state index in [1.807, 2.05) is 31.2 Å². The van der Waals surface area contributed by atoms with Crippen LogP contribution >= 0.6 is 0 Å². The first-order chi connectivity index (χ1) is 8.61. The molecule has 0 saturated heterocycles. The number of carbonyl (C=O) groups is 1. The smallest absolute Gasteiger partial charge is 0.220 e. The Balaban J connectivity index is 2.23. The van der Waals surface area contributed by atoms with Crippen molar-refractivity contribution in [3.8, 4) is 0 Å². The van der Waals surface area contributed by atoms with Crippen LogP contribution in [0.3, 0.4) is 0 Å². The highest BCUT2D eigenvalue weighted by Crippen LogP contribution is 2.08. The molecule has 0 heterocycles. The van der Waals surface area contributed by atoms with Crippen LogP contribution in [-0.2, 0) is 22.0 Å². The highest BCUT2D eigenvalue weighted by atomic mass is 32.2. The predicted molar refractivity (Wildman–Crippen MR) is 75.7 cm³/mol. The van der Waals surface area contributed by atoms with E-state index in [1.165, 1.54) is 0 Å². The molecule has 0 aliphatic heterocycles. The molecule has 1 rings (SSSR count). The summed E-state index contributed by atoms with van der Waals surface area (Å²) in [7, 11) is -0.818. The summed E-state index contributed by atoms with van der Waals surface area (Å²) < 4.78 is 11.2. The Labute approximate surface area is 110 Å². The summed E-state index contributed by atoms with van der Waals surface area (Å²) in [4.78, 5) is 11.5. The second-order valence-electron chi connectivity index (χ2n) is 4.03. The summed E-state index contributed by atoms with van der Waals surface area (Å²) >= 11 is 0. The van der Waals surface area contributed by atoms with Crippen LogP contribution in [0, 0.1) is 0 Å². The molecule has 0 bridgehead atoms. The molecule has 0 aliphatic carbocycles. The fraction of sp³-hybridized carbons (Fsp3) is 0.462. The van der Waals surface area contributed by atoms with Gasteiger partial charge in [-0.2, -0.15) is 0 Å². The van der Waals surface area contributed by atoms with Gasteiger partial charge in [-0.05, 0) is 24.1 Å². The van der Waals surface area contributed by atoms with E-state index in [1.54, 1.807) is 0 Å². The maximum absolute atomic E-state index is 11.5. The lowest BCUT2D eigenvalue weighted by molar-refractivity contribution is -0.120. The molecule has 0 spiro atoms. The van der Waals surface area contributed by atoms with Crippen LogP contribution in [0.4, 0.5) is 5.69 Å². The second-order valence-corrected chi connectivity index (χ2v) is 5.89. The van der Waals surface area contributed by atoms with E-state index < -0.39 is 10.8 Å². The summed E-state index contributed by atoms with van der Waals surface area (Å²) in [6.45, 7) is 2.36. The first-order valence-electron chi connectivity index (χ1n) is 6.08. The third kappa shape index (κ3) is 5.82. The standard InChI is InChI=1S/C13H20N2O2S/c1-2-18(17)9-8-15-13(16)7-6-11-4-3-5-12(14)10-11/h3-5,10H,2,6-9,14H2,1H3,(H,15,16). The Morgan fingerprint density at radius 3 is 2.89 bits per heavy atom. The Bertz CT molecular complexity index is 421. The zero-order valence-corrected chi connectivity index (χ0v) is 11.5. The molecule has 1 atom stereocenters. The maximum atomic E-state index is 11.5. The number of nitrogens with one attached hydrogen (secondary N) is 1. The largest absolute Gasteiger partial charge is 0.399 e. The number of aryl methyl sites for hydroxylation is 1. The van der Waals surface area contributed by atoms with Gasteiger partial charge in [0.2, 0.25) is 5.91 Å². The number of rotatable bonds is 7. The Morgan fingerprint density at radius 2 is 2.22 bits per heavy atom. The van der Waals surface area contributed by atoms with Crippen molar-refractivity contribution in [3.63, 3.8) is 0 Å². The molecule has 4 nitrogen and oxygen atoms in total. The van der Waals surface area contributed by atoms with Gasteiger partial charge >= 0.3 is 0 Å². The van der Waals surface area contributed by atoms with Crippen LogP contribution in [0.2, 0.25) is 0 Å². The number of anilines is 1. The van der Waals surface area contributed by atoms with Crippen molar-refractivity contribution in [1.82, 2.24) is 5.32 Å². The van der Waals surface area contributed by atoms with Gasteiger partial charge in [0.25, 0.3) is 0 Å². The molecule has 1 aromatic carbocycles. The van der Waals surface area contributed by atoms with E-state index in [0.29, 0.717) is 36.6 Å². The minimum atomic E-state index is -0.818. The van der Waals surface area contributed by atoms with Gasteiger partial charge in [-0.1, -0.05) is 19.1 Å². The van der Waals surface area contributed by atoms with E-state index in [-0.39, 0.29) is 5.91 Å². The quantitative estimate of drug-likeness (QED) is 0.727. The zero-order valence-electron chi connectivity index (χ0n) is 10.6. The molecule has 1 aromatic rings. The lowest BCUT2D eigenvalue weighted by Gasteiger charge is -2.05. The van der Waals surface area contributed by atoms with Crippen molar-refractivity contribution in [1.29, 1.82) is 0 Å². The highest BCUT2D eigenvalue weighted by Gasteiger charge is 2.03. The average Bonchev–Trinajstić information content (AvgIpc) is 2.36. The summed E-state index contributed by atoms with van der Waals surface area (Å²) in [5, 5.41) is 2.77. The maximum Gasteiger partial charge on any atom is 0.220 e. The van der Waals surface area contributed by atoms with Crippen molar-refractivity contribution < 1.29 is 9.00 Å². The summed E-state index contributed by atoms with van der Waals surface area (Å²) in [6.07, 6.45) is 1.11. The van der Waals surface area contributed by atoms with Gasteiger partial charge < -0.3 is 11.1 Å². The molecule has 0 aromatic heterocycles. The van der Waals surface area contributed by atoms with E-state index in [9.17, 15) is 9.00 Å². The Morgan fingerprint density at radius 1 is 1.44 bits per heavy atom. The van der Waals surface area contributed by atoms with Gasteiger partial charge in [0.1, 0.15) is 0 Å². The molecular weight excluding hydrogens is 248 g/mol. The normalized spacial score (nSPS) is 12.1. The molecule has 0 radical (unpaired) electrons. The van der Waals surface area contributed by atoms with Crippen LogP contribution < -0.4 is 11.1 Å². The number of amides is 1. The first kappa shape index (κ1) is 14.7. The highest BCUT2D eigenvalue weighted by molar-refractivity contribution is 7.84. The minimum Gasteiger partial charge on any atom is -0.399 e. The first-order valence-corrected chi connectivity index (χ1v) is 7.56. The number of hydrogen-bond acceptors (Lipinski definition) is 3. The van der Waals surface area contributed by atoms with E-state index in [0.717, 1.165) is 5.56 Å². The van der Waals surface area contributed by atoms with Gasteiger partial charge in [0.05, 0.1) is 0 Å². The minimum absolute atomic E-state index is 0.00877. The van der Waals surface area contributed by atoms with E-state index in [4.69, 9.17) is 5.73 Å². The third-order valence-corrected chi connectivity index (χ3v) is 3.87. The van der Waals surface area contributed by atoms with Crippen LogP contribution in [0.1, 0.15) is 18.9 Å². The zero-order chi connectivity index (χ0) is 13.4. The van der Waals surface area contributed by atoms with Crippen LogP contribution in [-0.4, -0.2) is 28.2 Å². The van der Waals surface area contributed by atoms with Crippen LogP contribution in [0.5, 0.6) is 0 Å². The number of benzene rings is 1. The van der Waals surface area contributed by atoms with Gasteiger partial charge in [0.15, 0.2) is 0 Å². The average molecular weight is 268 g/mol. The fourth-order valence-corrected chi connectivity index (χ4v) is 2.16. The number of nitrogens with two attached hydrogens (primary N) is 1. The number of hydrogen-bond donors (Lipinski definition) is 2. The van der Waals surface area contributed by atoms with Crippen molar-refractivity contribution in [3.05, 3.63) is 29.8 Å². The molecule has 1 unspecified atom stereocenters. The van der Waals surface area contributed by atoms with Crippen LogP contribution in [0.15, 0.2) is 24.3 Å². The van der Waals surface area contributed by atoms with Gasteiger partial charge in [0, 0.05) is 41.0 Å². The van der Waals surface area contributed by atoms with Crippen molar-refractivity contribution in [2.75, 3.05) is 23.8 Å². The molecule has 0 saturated carbocycles. The lowest BCUT2D eigenvalue weighted by atomic mass is 10.1. The fourth-order valence-electron chi connectivity index (χ4n) is 1.54. The van der Waals surface area contributed by atoms with Gasteiger partial charge in [-0.15, -0.1) is 0 Å². The topological polar surface area (TPSA) is 72.2 Å². The lowest BCUT2D eigenvalue weighted by Crippen LogP contribution is -2.28. The van der Waals surface area contributed by atoms with Crippen molar-refractivity contribution in [2.45, 2.75) is 19.8 Å². The predicted octanol–water partition coefficient (Wildman–Crippen LogP) is 1.09. The molecule has 100 valence electrons. The molecule has 18 heavy (non-hydrogen) atoms. The third-order valence-electron chi connectivity index (χ3n) is 2.57. The van der Waals surface area contributed by atoms with Gasteiger partial charge in [-0.25, -0.2) is 0 Å². The molecule has 1 amide bonds. The SMILES string of the molecule is CCS(=O)CCNC(=O)CCc1cccc(N)c1. The monoisotopic (exact) mass is 268 g/mol. The Kier molecular flexibility index (Phi) is 6.43. The molecule has 3 N–H and O–H groups in total. The molecular formula is C13H20N2O2S. The van der Waals surface area contributed by atoms with Crippen molar-refractivity contribution in [2.24, 2.45) is 0 Å². The number of carbonyl (C=O) groups excluding carboxylic acids is 1. The van der Waals surface area contributed by atoms with E-state index >= 15 is 0 Å². The Hall–Kier alpha value is -1.36. The second kappa shape index (κ2) is 7.87. The number of nitrogen functional groups attached to an aromatic ring is 1. The molecule has 0 aliphatic rings. The van der Waals surface area contributed by atoms with Gasteiger partial charge in [-0.3, -0.25) is 9.00 Å². The summed E-state index contributed by atoms with van der Waals surface area (Å²) in [5.74, 6) is 1.16. The summed E-state index contributed by atoms with van der Waals surface area (Å²) in [5.41, 5.74) is 7.43.